The molecule has 1 rings (SSSR count). The summed E-state index contributed by atoms with van der Waals surface area (Å²) >= 11 is 4.21. The Hall–Kier alpha value is -1.49. The molecule has 2 amide bonds. The highest BCUT2D eigenvalue weighted by molar-refractivity contribution is 7.80. The molecule has 1 aromatic carbocycles. The van der Waals surface area contributed by atoms with E-state index in [9.17, 15) is 9.59 Å². The Morgan fingerprint density at radius 1 is 1.17 bits per heavy atom. The average Bonchev–Trinajstić information content (AvgIpc) is 2.34. The first-order valence-corrected chi connectivity index (χ1v) is 6.31. The first-order chi connectivity index (χ1) is 8.52. The van der Waals surface area contributed by atoms with Gasteiger partial charge in [-0.15, -0.1) is 12.6 Å². The van der Waals surface area contributed by atoms with Crippen molar-refractivity contribution in [2.75, 3.05) is 13.1 Å². The third-order valence-corrected chi connectivity index (χ3v) is 2.77. The number of carbonyl (C=O) groups is 2. The van der Waals surface area contributed by atoms with Crippen LogP contribution >= 0.6 is 12.6 Å². The zero-order valence-corrected chi connectivity index (χ0v) is 11.5. The monoisotopic (exact) mass is 266 g/mol. The Labute approximate surface area is 113 Å². The maximum Gasteiger partial charge on any atom is 0.252 e. The lowest BCUT2D eigenvalue weighted by atomic mass is 10.2. The third-order valence-electron chi connectivity index (χ3n) is 2.38. The first kappa shape index (κ1) is 14.6. The van der Waals surface area contributed by atoms with Gasteiger partial charge in [0, 0.05) is 23.9 Å². The summed E-state index contributed by atoms with van der Waals surface area (Å²) in [5, 5.41) is 5.46. The van der Waals surface area contributed by atoms with Crippen molar-refractivity contribution in [3.8, 4) is 0 Å². The number of carbonyl (C=O) groups excluding carboxylic acids is 2. The van der Waals surface area contributed by atoms with Gasteiger partial charge >= 0.3 is 0 Å². The van der Waals surface area contributed by atoms with Crippen LogP contribution < -0.4 is 10.6 Å². The van der Waals surface area contributed by atoms with Crippen molar-refractivity contribution >= 4 is 24.4 Å². The van der Waals surface area contributed by atoms with Gasteiger partial charge in [0.05, 0.1) is 5.56 Å². The second kappa shape index (κ2) is 7.06. The van der Waals surface area contributed by atoms with E-state index < -0.39 is 0 Å². The molecule has 0 unspecified atom stereocenters. The molecule has 0 saturated heterocycles. The van der Waals surface area contributed by atoms with E-state index in [1.54, 1.807) is 18.2 Å². The van der Waals surface area contributed by atoms with Gasteiger partial charge < -0.3 is 10.6 Å². The summed E-state index contributed by atoms with van der Waals surface area (Å²) in [5.74, 6) is -0.239. The maximum absolute atomic E-state index is 11.8. The van der Waals surface area contributed by atoms with Crippen LogP contribution in [0.1, 0.15) is 24.2 Å². The normalized spacial score (nSPS) is 10.2. The fourth-order valence-corrected chi connectivity index (χ4v) is 1.59. The average molecular weight is 266 g/mol. The molecule has 0 heterocycles. The Morgan fingerprint density at radius 3 is 2.39 bits per heavy atom. The van der Waals surface area contributed by atoms with E-state index in [1.165, 1.54) is 0 Å². The van der Waals surface area contributed by atoms with Crippen molar-refractivity contribution in [1.29, 1.82) is 0 Å². The van der Waals surface area contributed by atoms with Crippen LogP contribution in [0.4, 0.5) is 0 Å². The minimum absolute atomic E-state index is 0.0150. The molecule has 4 nitrogen and oxygen atoms in total. The van der Waals surface area contributed by atoms with Crippen molar-refractivity contribution < 1.29 is 9.59 Å². The van der Waals surface area contributed by atoms with Crippen LogP contribution in [0.5, 0.6) is 0 Å². The molecule has 0 aliphatic heterocycles. The van der Waals surface area contributed by atoms with E-state index in [1.807, 2.05) is 19.9 Å². The Kier molecular flexibility index (Phi) is 5.71. The molecule has 0 spiro atoms. The number of hydrogen-bond donors (Lipinski definition) is 3. The molecule has 0 aliphatic carbocycles. The summed E-state index contributed by atoms with van der Waals surface area (Å²) < 4.78 is 0. The lowest BCUT2D eigenvalue weighted by molar-refractivity contribution is -0.123. The molecule has 0 bridgehead atoms. The molecular formula is C13H18N2O2S. The number of benzene rings is 1. The van der Waals surface area contributed by atoms with Crippen molar-refractivity contribution in [2.24, 2.45) is 5.92 Å². The van der Waals surface area contributed by atoms with Gasteiger partial charge in [0.1, 0.15) is 0 Å². The minimum atomic E-state index is -0.181. The van der Waals surface area contributed by atoms with Gasteiger partial charge in [-0.3, -0.25) is 9.59 Å². The summed E-state index contributed by atoms with van der Waals surface area (Å²) in [5.41, 5.74) is 0.538. The molecule has 0 fully saturated rings. The first-order valence-electron chi connectivity index (χ1n) is 5.86. The van der Waals surface area contributed by atoms with Crippen LogP contribution in [0.2, 0.25) is 0 Å². The zero-order valence-electron chi connectivity index (χ0n) is 10.6. The van der Waals surface area contributed by atoms with Gasteiger partial charge in [-0.1, -0.05) is 26.0 Å². The molecule has 1 aromatic rings. The predicted molar refractivity (Wildman–Crippen MR) is 73.9 cm³/mol. The third kappa shape index (κ3) is 4.41. The molecule has 5 heteroatoms. The van der Waals surface area contributed by atoms with Crippen LogP contribution in [0, 0.1) is 5.92 Å². The summed E-state index contributed by atoms with van der Waals surface area (Å²) in [6.45, 7) is 4.48. The van der Waals surface area contributed by atoms with E-state index in [0.717, 1.165) is 0 Å². The van der Waals surface area contributed by atoms with Gasteiger partial charge in [-0.2, -0.15) is 0 Å². The van der Waals surface area contributed by atoms with E-state index >= 15 is 0 Å². The SMILES string of the molecule is CC(C)C(=O)NCCNC(=O)c1ccccc1S. The van der Waals surface area contributed by atoms with E-state index in [-0.39, 0.29) is 17.7 Å². The maximum atomic E-state index is 11.8. The van der Waals surface area contributed by atoms with Gasteiger partial charge in [0.2, 0.25) is 5.91 Å². The Bertz CT molecular complexity index is 433. The summed E-state index contributed by atoms with van der Waals surface area (Å²) in [4.78, 5) is 23.7. The quantitative estimate of drug-likeness (QED) is 0.558. The van der Waals surface area contributed by atoms with Gasteiger partial charge in [-0.05, 0) is 12.1 Å². The lowest BCUT2D eigenvalue weighted by Gasteiger charge is -2.09. The van der Waals surface area contributed by atoms with Crippen molar-refractivity contribution in [2.45, 2.75) is 18.7 Å². The molecule has 2 N–H and O–H groups in total. The topological polar surface area (TPSA) is 58.2 Å². The number of hydrogen-bond acceptors (Lipinski definition) is 3. The highest BCUT2D eigenvalue weighted by Crippen LogP contribution is 2.12. The van der Waals surface area contributed by atoms with Crippen molar-refractivity contribution in [3.63, 3.8) is 0 Å². The molecule has 98 valence electrons. The highest BCUT2D eigenvalue weighted by Gasteiger charge is 2.08. The van der Waals surface area contributed by atoms with Crippen molar-refractivity contribution in [1.82, 2.24) is 10.6 Å². The second-order valence-corrected chi connectivity index (χ2v) is 4.70. The number of rotatable bonds is 5. The molecule has 0 saturated carbocycles. The second-order valence-electron chi connectivity index (χ2n) is 4.22. The summed E-state index contributed by atoms with van der Waals surface area (Å²) in [6, 6.07) is 7.08. The minimum Gasteiger partial charge on any atom is -0.354 e. The van der Waals surface area contributed by atoms with Gasteiger partial charge in [0.25, 0.3) is 5.91 Å². The number of amides is 2. The van der Waals surface area contributed by atoms with E-state index in [0.29, 0.717) is 23.5 Å². The standard InChI is InChI=1S/C13H18N2O2S/c1-9(2)12(16)14-7-8-15-13(17)10-5-3-4-6-11(10)18/h3-6,9,18H,7-8H2,1-2H3,(H,14,16)(H,15,17). The van der Waals surface area contributed by atoms with Crippen LogP contribution in [0.15, 0.2) is 29.2 Å². The van der Waals surface area contributed by atoms with Gasteiger partial charge in [-0.25, -0.2) is 0 Å². The van der Waals surface area contributed by atoms with Gasteiger partial charge in [0.15, 0.2) is 0 Å². The summed E-state index contributed by atoms with van der Waals surface area (Å²) in [7, 11) is 0. The number of nitrogens with one attached hydrogen (secondary N) is 2. The Morgan fingerprint density at radius 2 is 1.78 bits per heavy atom. The fourth-order valence-electron chi connectivity index (χ4n) is 1.33. The smallest absolute Gasteiger partial charge is 0.252 e. The lowest BCUT2D eigenvalue weighted by Crippen LogP contribution is -2.36. The Balaban J connectivity index is 2.35. The van der Waals surface area contributed by atoms with E-state index in [2.05, 4.69) is 23.3 Å². The molecule has 0 aromatic heterocycles. The largest absolute Gasteiger partial charge is 0.354 e. The molecular weight excluding hydrogens is 248 g/mol. The number of thiol groups is 1. The van der Waals surface area contributed by atoms with Crippen molar-refractivity contribution in [3.05, 3.63) is 29.8 Å². The summed E-state index contributed by atoms with van der Waals surface area (Å²) in [6.07, 6.45) is 0. The predicted octanol–water partition coefficient (Wildman–Crippen LogP) is 1.48. The van der Waals surface area contributed by atoms with E-state index in [4.69, 9.17) is 0 Å². The molecule has 0 radical (unpaired) electrons. The molecule has 0 aliphatic rings. The van der Waals surface area contributed by atoms with Crippen LogP contribution in [0.25, 0.3) is 0 Å². The molecule has 18 heavy (non-hydrogen) atoms. The highest BCUT2D eigenvalue weighted by atomic mass is 32.1. The van der Waals surface area contributed by atoms with Crippen LogP contribution in [-0.2, 0) is 4.79 Å². The van der Waals surface area contributed by atoms with Crippen LogP contribution in [-0.4, -0.2) is 24.9 Å². The zero-order chi connectivity index (χ0) is 13.5. The fraction of sp³-hybridized carbons (Fsp3) is 0.385. The van der Waals surface area contributed by atoms with Crippen LogP contribution in [0.3, 0.4) is 0 Å². The molecule has 0 atom stereocenters.